The van der Waals surface area contributed by atoms with Crippen LogP contribution in [0, 0.1) is 0 Å². The number of ketones is 1. The first kappa shape index (κ1) is 26.5. The summed E-state index contributed by atoms with van der Waals surface area (Å²) in [5, 5.41) is 20.0. The Kier molecular flexibility index (Phi) is 9.38. The van der Waals surface area contributed by atoms with Gasteiger partial charge in [0.2, 0.25) is 0 Å². The fourth-order valence-electron chi connectivity index (χ4n) is 4.12. The van der Waals surface area contributed by atoms with E-state index in [4.69, 9.17) is 19.3 Å². The summed E-state index contributed by atoms with van der Waals surface area (Å²) < 4.78 is 16.4. The lowest BCUT2D eigenvalue weighted by molar-refractivity contribution is -0.227. The molecule has 2 aliphatic rings. The van der Waals surface area contributed by atoms with Crippen LogP contribution in [0.1, 0.15) is 37.7 Å². The molecular formula is C24H30BrNO8. The molecular weight excluding hydrogens is 510 g/mol. The molecule has 10 heteroatoms. The summed E-state index contributed by atoms with van der Waals surface area (Å²) in [6.07, 6.45) is 0.813. The molecule has 9 nitrogen and oxygen atoms in total. The van der Waals surface area contributed by atoms with Crippen LogP contribution in [0.5, 0.6) is 0 Å². The van der Waals surface area contributed by atoms with Crippen LogP contribution in [0.15, 0.2) is 40.9 Å². The first-order chi connectivity index (χ1) is 16.3. The van der Waals surface area contributed by atoms with Gasteiger partial charge in [-0.25, -0.2) is 9.69 Å². The predicted molar refractivity (Wildman–Crippen MR) is 125 cm³/mol. The minimum Gasteiger partial charge on any atom is -0.447 e. The number of carbonyl (C=O) groups excluding carboxylic acids is 3. The minimum absolute atomic E-state index is 0.0264. The van der Waals surface area contributed by atoms with E-state index < -0.39 is 41.8 Å². The second-order valence-corrected chi connectivity index (χ2v) is 9.24. The highest BCUT2D eigenvalue weighted by Gasteiger charge is 2.50. The van der Waals surface area contributed by atoms with Gasteiger partial charge in [-0.2, -0.15) is 0 Å². The van der Waals surface area contributed by atoms with Crippen molar-refractivity contribution in [2.24, 2.45) is 0 Å². The molecule has 0 spiro atoms. The van der Waals surface area contributed by atoms with Crippen molar-refractivity contribution in [2.75, 3.05) is 20.3 Å². The number of methoxy groups -OCH3 is 1. The number of benzene rings is 1. The molecule has 3 rings (SSSR count). The zero-order chi connectivity index (χ0) is 24.7. The molecule has 1 saturated heterocycles. The van der Waals surface area contributed by atoms with Gasteiger partial charge >= 0.3 is 6.09 Å². The summed E-state index contributed by atoms with van der Waals surface area (Å²) >= 11 is 3.21. The lowest BCUT2D eigenvalue weighted by Gasteiger charge is -2.38. The molecule has 1 aromatic rings. The monoisotopic (exact) mass is 539 g/mol. The molecule has 34 heavy (non-hydrogen) atoms. The van der Waals surface area contributed by atoms with Gasteiger partial charge in [0.05, 0.1) is 10.5 Å². The SMILES string of the molecule is CO[C@H](C(=O)N1C(=O)OC[C@@H]1Cc1ccccc1)[C@@H]1O[C@](O)(CCCCCCO)C(Br)=CC1=O. The van der Waals surface area contributed by atoms with Crippen LogP contribution in [-0.4, -0.2) is 77.3 Å². The van der Waals surface area contributed by atoms with Crippen LogP contribution < -0.4 is 0 Å². The van der Waals surface area contributed by atoms with E-state index in [9.17, 15) is 19.5 Å². The van der Waals surface area contributed by atoms with Crippen molar-refractivity contribution in [2.45, 2.75) is 62.6 Å². The Morgan fingerprint density at radius 3 is 2.62 bits per heavy atom. The molecule has 2 aliphatic heterocycles. The van der Waals surface area contributed by atoms with Gasteiger partial charge in [-0.15, -0.1) is 0 Å². The highest BCUT2D eigenvalue weighted by molar-refractivity contribution is 9.11. The largest absolute Gasteiger partial charge is 0.447 e. The van der Waals surface area contributed by atoms with Crippen LogP contribution in [0.4, 0.5) is 4.79 Å². The molecule has 4 atom stereocenters. The third kappa shape index (κ3) is 6.11. The van der Waals surface area contributed by atoms with Crippen molar-refractivity contribution >= 4 is 33.7 Å². The molecule has 1 aromatic carbocycles. The number of unbranched alkanes of at least 4 members (excludes halogenated alkanes) is 3. The molecule has 2 amide bonds. The average molecular weight is 540 g/mol. The maximum absolute atomic E-state index is 13.4. The molecule has 186 valence electrons. The Morgan fingerprint density at radius 2 is 1.94 bits per heavy atom. The average Bonchev–Trinajstić information content (AvgIpc) is 3.18. The minimum atomic E-state index is -1.82. The Labute approximate surface area is 206 Å². The van der Waals surface area contributed by atoms with Gasteiger partial charge < -0.3 is 24.4 Å². The number of aliphatic hydroxyl groups excluding tert-OH is 1. The quantitative estimate of drug-likeness (QED) is 0.411. The maximum atomic E-state index is 13.4. The van der Waals surface area contributed by atoms with E-state index in [1.54, 1.807) is 0 Å². The van der Waals surface area contributed by atoms with Crippen LogP contribution in [0.2, 0.25) is 0 Å². The van der Waals surface area contributed by atoms with Gasteiger partial charge in [0.25, 0.3) is 5.91 Å². The molecule has 0 aromatic heterocycles. The van der Waals surface area contributed by atoms with E-state index in [1.807, 2.05) is 30.3 Å². The molecule has 1 fully saturated rings. The maximum Gasteiger partial charge on any atom is 0.417 e. The van der Waals surface area contributed by atoms with Gasteiger partial charge in [-0.1, -0.05) is 43.2 Å². The highest BCUT2D eigenvalue weighted by Crippen LogP contribution is 2.36. The van der Waals surface area contributed by atoms with Crippen molar-refractivity contribution < 1.29 is 38.8 Å². The topological polar surface area (TPSA) is 123 Å². The van der Waals surface area contributed by atoms with E-state index in [2.05, 4.69) is 15.9 Å². The normalized spacial score (nSPS) is 25.8. The van der Waals surface area contributed by atoms with Gasteiger partial charge in [0.1, 0.15) is 6.61 Å². The molecule has 0 radical (unpaired) electrons. The van der Waals surface area contributed by atoms with Crippen molar-refractivity contribution in [1.29, 1.82) is 0 Å². The number of imide groups is 1. The molecule has 0 aliphatic carbocycles. The number of hydrogen-bond donors (Lipinski definition) is 2. The molecule has 0 unspecified atom stereocenters. The van der Waals surface area contributed by atoms with Gasteiger partial charge in [-0.3, -0.25) is 9.59 Å². The smallest absolute Gasteiger partial charge is 0.417 e. The first-order valence-electron chi connectivity index (χ1n) is 11.3. The molecule has 0 saturated carbocycles. The fraction of sp³-hybridized carbons (Fsp3) is 0.542. The Hall–Kier alpha value is -2.11. The third-order valence-electron chi connectivity index (χ3n) is 5.95. The number of hydrogen-bond acceptors (Lipinski definition) is 8. The lowest BCUT2D eigenvalue weighted by atomic mass is 9.98. The molecule has 2 N–H and O–H groups in total. The lowest BCUT2D eigenvalue weighted by Crippen LogP contribution is -2.56. The zero-order valence-electron chi connectivity index (χ0n) is 19.0. The van der Waals surface area contributed by atoms with Gasteiger partial charge in [0, 0.05) is 20.1 Å². The standard InChI is InChI=1S/C24H30BrNO8/c1-32-21(20-18(28)14-19(25)24(31,34-20)11-7-2-3-8-12-27)22(29)26-17(15-33-23(26)30)13-16-9-5-4-6-10-16/h4-6,9-10,14,17,20-21,27,31H,2-3,7-8,11-13,15H2,1H3/t17-,20+,21-,24+/m0/s1. The van der Waals surface area contributed by atoms with E-state index in [0.29, 0.717) is 19.3 Å². The van der Waals surface area contributed by atoms with Gasteiger partial charge in [0.15, 0.2) is 23.8 Å². The summed E-state index contributed by atoms with van der Waals surface area (Å²) in [6, 6.07) is 8.80. The van der Waals surface area contributed by atoms with Crippen LogP contribution >= 0.6 is 15.9 Å². The van der Waals surface area contributed by atoms with Gasteiger partial charge in [-0.05, 0) is 46.8 Å². The number of nitrogens with zero attached hydrogens (tertiary/aromatic N) is 1. The van der Waals surface area contributed by atoms with Crippen molar-refractivity contribution in [3.63, 3.8) is 0 Å². The van der Waals surface area contributed by atoms with E-state index in [0.717, 1.165) is 23.3 Å². The summed E-state index contributed by atoms with van der Waals surface area (Å²) in [4.78, 5) is 39.5. The Morgan fingerprint density at radius 1 is 1.24 bits per heavy atom. The third-order valence-corrected chi connectivity index (χ3v) is 6.80. The van der Waals surface area contributed by atoms with E-state index in [1.165, 1.54) is 13.2 Å². The van der Waals surface area contributed by atoms with Crippen molar-refractivity contribution in [3.8, 4) is 0 Å². The highest BCUT2D eigenvalue weighted by atomic mass is 79.9. The van der Waals surface area contributed by atoms with Crippen molar-refractivity contribution in [3.05, 3.63) is 46.5 Å². The van der Waals surface area contributed by atoms with E-state index in [-0.39, 0.29) is 24.1 Å². The van der Waals surface area contributed by atoms with Crippen LogP contribution in [0.25, 0.3) is 0 Å². The second kappa shape index (κ2) is 12.0. The first-order valence-corrected chi connectivity index (χ1v) is 12.1. The number of carbonyl (C=O) groups is 3. The van der Waals surface area contributed by atoms with E-state index >= 15 is 0 Å². The number of rotatable bonds is 11. The summed E-state index contributed by atoms with van der Waals surface area (Å²) in [6.45, 7) is 0.126. The summed E-state index contributed by atoms with van der Waals surface area (Å²) in [5.74, 6) is -3.14. The van der Waals surface area contributed by atoms with Crippen molar-refractivity contribution in [1.82, 2.24) is 4.90 Å². The zero-order valence-corrected chi connectivity index (χ0v) is 20.6. The number of halogens is 1. The number of cyclic esters (lactones) is 1. The second-order valence-electron chi connectivity index (χ2n) is 8.39. The number of ether oxygens (including phenoxy) is 3. The molecule has 0 bridgehead atoms. The number of aliphatic hydroxyl groups is 2. The van der Waals surface area contributed by atoms with Crippen LogP contribution in [-0.2, 0) is 30.2 Å². The Bertz CT molecular complexity index is 907. The summed E-state index contributed by atoms with van der Waals surface area (Å²) in [5.41, 5.74) is 0.921. The molecule has 2 heterocycles. The summed E-state index contributed by atoms with van der Waals surface area (Å²) in [7, 11) is 1.24. The fourth-order valence-corrected chi connectivity index (χ4v) is 4.64. The Balaban J connectivity index is 1.75. The van der Waals surface area contributed by atoms with Crippen LogP contribution in [0.3, 0.4) is 0 Å². The number of amides is 2. The predicted octanol–water partition coefficient (Wildman–Crippen LogP) is 2.47.